The molecule has 30 heavy (non-hydrogen) atoms. The lowest BCUT2D eigenvalue weighted by atomic mass is 10.0. The Hall–Kier alpha value is -2.39. The molecule has 3 rings (SSSR count). The van der Waals surface area contributed by atoms with Crippen LogP contribution in [0.1, 0.15) is 70.6 Å². The van der Waals surface area contributed by atoms with Crippen LogP contribution in [0.3, 0.4) is 0 Å². The highest BCUT2D eigenvalue weighted by molar-refractivity contribution is 5.98. The Morgan fingerprint density at radius 1 is 0.567 bits per heavy atom. The first kappa shape index (κ1) is 23.9. The molecule has 0 amide bonds. The number of aliphatic hydroxyl groups excluding tert-OH is 1. The van der Waals surface area contributed by atoms with Gasteiger partial charge >= 0.3 is 5.97 Å². The monoisotopic (exact) mass is 408 g/mol. The highest BCUT2D eigenvalue weighted by atomic mass is 16.4. The van der Waals surface area contributed by atoms with E-state index < -0.39 is 5.97 Å². The number of fused-ring (bicyclic) bond motifs is 2. The summed E-state index contributed by atoms with van der Waals surface area (Å²) in [7, 11) is 0. The minimum atomic E-state index is -0.677. The van der Waals surface area contributed by atoms with E-state index >= 15 is 0 Å². The molecule has 0 spiro atoms. The van der Waals surface area contributed by atoms with Gasteiger partial charge in [0.2, 0.25) is 0 Å². The van der Waals surface area contributed by atoms with Crippen molar-refractivity contribution in [3.05, 3.63) is 60.7 Å². The maximum absolute atomic E-state index is 10.2. The van der Waals surface area contributed by atoms with E-state index in [4.69, 9.17) is 10.2 Å². The predicted molar refractivity (Wildman–Crippen MR) is 127 cm³/mol. The number of carboxylic acids is 1. The van der Waals surface area contributed by atoms with Crippen molar-refractivity contribution in [2.24, 2.45) is 0 Å². The van der Waals surface area contributed by atoms with Gasteiger partial charge in [-0.2, -0.15) is 0 Å². The van der Waals surface area contributed by atoms with Crippen LogP contribution in [0.4, 0.5) is 0 Å². The van der Waals surface area contributed by atoms with Crippen LogP contribution in [-0.2, 0) is 4.79 Å². The lowest BCUT2D eigenvalue weighted by Gasteiger charge is -2.01. The summed E-state index contributed by atoms with van der Waals surface area (Å²) in [4.78, 5) is 10.2. The van der Waals surface area contributed by atoms with E-state index in [1.807, 2.05) is 0 Å². The van der Waals surface area contributed by atoms with Gasteiger partial charge in [-0.25, -0.2) is 0 Å². The molecule has 0 fully saturated rings. The Balaban J connectivity index is 0.000000214. The van der Waals surface area contributed by atoms with Crippen LogP contribution in [0, 0.1) is 0 Å². The van der Waals surface area contributed by atoms with Crippen LogP contribution < -0.4 is 0 Å². The van der Waals surface area contributed by atoms with Gasteiger partial charge in [-0.15, -0.1) is 0 Å². The molecule has 0 heterocycles. The summed E-state index contributed by atoms with van der Waals surface area (Å²) < 4.78 is 0. The van der Waals surface area contributed by atoms with Gasteiger partial charge in [0.25, 0.3) is 0 Å². The average Bonchev–Trinajstić information content (AvgIpc) is 2.76. The topological polar surface area (TPSA) is 57.5 Å². The number of hydrogen-bond donors (Lipinski definition) is 2. The molecule has 0 radical (unpaired) electrons. The van der Waals surface area contributed by atoms with E-state index in [9.17, 15) is 4.79 Å². The van der Waals surface area contributed by atoms with Crippen LogP contribution in [0.15, 0.2) is 60.7 Å². The second-order valence-corrected chi connectivity index (χ2v) is 7.95. The van der Waals surface area contributed by atoms with E-state index in [0.29, 0.717) is 13.0 Å². The molecule has 0 unspecified atom stereocenters. The summed E-state index contributed by atoms with van der Waals surface area (Å²) in [5.41, 5.74) is 0. The number of unbranched alkanes of at least 4 members (excludes halogenated alkanes) is 9. The number of aliphatic hydroxyl groups is 1. The van der Waals surface area contributed by atoms with Crippen molar-refractivity contribution < 1.29 is 15.0 Å². The zero-order valence-electron chi connectivity index (χ0n) is 18.1. The van der Waals surface area contributed by atoms with Gasteiger partial charge in [0.05, 0.1) is 0 Å². The number of aliphatic carboxylic acids is 1. The van der Waals surface area contributed by atoms with Crippen LogP contribution in [0.5, 0.6) is 0 Å². The normalized spacial score (nSPS) is 10.7. The van der Waals surface area contributed by atoms with Crippen molar-refractivity contribution >= 4 is 27.5 Å². The molecule has 0 aliphatic rings. The van der Waals surface area contributed by atoms with Gasteiger partial charge in [0.1, 0.15) is 0 Å². The minimum Gasteiger partial charge on any atom is -0.481 e. The number of benzene rings is 3. The van der Waals surface area contributed by atoms with E-state index in [2.05, 4.69) is 60.7 Å². The minimum absolute atomic E-state index is 0.321. The van der Waals surface area contributed by atoms with E-state index in [0.717, 1.165) is 25.7 Å². The van der Waals surface area contributed by atoms with Gasteiger partial charge in [-0.1, -0.05) is 99.9 Å². The summed E-state index contributed by atoms with van der Waals surface area (Å²) in [5, 5.41) is 22.3. The molecule has 0 aromatic heterocycles. The molecule has 3 nitrogen and oxygen atoms in total. The largest absolute Gasteiger partial charge is 0.481 e. The van der Waals surface area contributed by atoms with E-state index in [-0.39, 0.29) is 0 Å². The highest BCUT2D eigenvalue weighted by Gasteiger charge is 1.97. The first-order valence-corrected chi connectivity index (χ1v) is 11.4. The molecule has 0 atom stereocenters. The van der Waals surface area contributed by atoms with Crippen molar-refractivity contribution in [3.63, 3.8) is 0 Å². The lowest BCUT2D eigenvalue weighted by molar-refractivity contribution is -0.137. The molecular weight excluding hydrogens is 372 g/mol. The number of rotatable bonds is 12. The summed E-state index contributed by atoms with van der Waals surface area (Å²) >= 11 is 0. The van der Waals surface area contributed by atoms with Crippen molar-refractivity contribution in [3.8, 4) is 0 Å². The van der Waals surface area contributed by atoms with E-state index in [1.165, 1.54) is 60.1 Å². The molecule has 162 valence electrons. The first-order chi connectivity index (χ1) is 14.7. The van der Waals surface area contributed by atoms with Crippen molar-refractivity contribution in [1.29, 1.82) is 0 Å². The van der Waals surface area contributed by atoms with Gasteiger partial charge < -0.3 is 10.2 Å². The molecule has 3 aromatic rings. The SMILES string of the molecule is O=C(O)CCCCCCCCCCCCO.c1ccc2cc3ccccc3cc2c1. The highest BCUT2D eigenvalue weighted by Crippen LogP contribution is 2.22. The Kier molecular flexibility index (Phi) is 11.6. The third kappa shape index (κ3) is 9.41. The molecule has 0 bridgehead atoms. The zero-order valence-corrected chi connectivity index (χ0v) is 18.1. The smallest absolute Gasteiger partial charge is 0.303 e. The molecule has 0 saturated carbocycles. The summed E-state index contributed by atoms with van der Waals surface area (Å²) in [5.74, 6) is -0.677. The molecule has 0 aliphatic heterocycles. The molecule has 3 heteroatoms. The van der Waals surface area contributed by atoms with Crippen molar-refractivity contribution in [1.82, 2.24) is 0 Å². The Labute approximate surface area is 180 Å². The maximum Gasteiger partial charge on any atom is 0.303 e. The Bertz CT molecular complexity index is 767. The summed E-state index contributed by atoms with van der Waals surface area (Å²) in [6.07, 6.45) is 11.8. The number of hydrogen-bond acceptors (Lipinski definition) is 2. The first-order valence-electron chi connectivity index (χ1n) is 11.4. The average molecular weight is 409 g/mol. The fourth-order valence-electron chi connectivity index (χ4n) is 3.68. The van der Waals surface area contributed by atoms with Crippen LogP contribution in [-0.4, -0.2) is 22.8 Å². The zero-order chi connectivity index (χ0) is 21.4. The van der Waals surface area contributed by atoms with Gasteiger partial charge in [-0.05, 0) is 46.5 Å². The van der Waals surface area contributed by atoms with Gasteiger partial charge in [0.15, 0.2) is 0 Å². The van der Waals surface area contributed by atoms with Crippen LogP contribution >= 0.6 is 0 Å². The van der Waals surface area contributed by atoms with Gasteiger partial charge in [0, 0.05) is 13.0 Å². The summed E-state index contributed by atoms with van der Waals surface area (Å²) in [6.45, 7) is 0.323. The van der Waals surface area contributed by atoms with Crippen LogP contribution in [0.25, 0.3) is 21.5 Å². The molecule has 0 saturated heterocycles. The third-order valence-electron chi connectivity index (χ3n) is 5.41. The fraction of sp³-hybridized carbons (Fsp3) is 0.444. The van der Waals surface area contributed by atoms with Gasteiger partial charge in [-0.3, -0.25) is 4.79 Å². The number of carboxylic acid groups (broad SMARTS) is 1. The fourth-order valence-corrected chi connectivity index (χ4v) is 3.68. The van der Waals surface area contributed by atoms with Crippen LogP contribution in [0.2, 0.25) is 0 Å². The molecule has 2 N–H and O–H groups in total. The van der Waals surface area contributed by atoms with Crippen molar-refractivity contribution in [2.75, 3.05) is 6.61 Å². The molecule has 0 aliphatic carbocycles. The third-order valence-corrected chi connectivity index (χ3v) is 5.41. The second kappa shape index (κ2) is 14.6. The predicted octanol–water partition coefficient (Wildman–Crippen LogP) is 7.35. The lowest BCUT2D eigenvalue weighted by Crippen LogP contribution is -1.93. The number of carbonyl (C=O) groups is 1. The molecular formula is C27H36O3. The maximum atomic E-state index is 10.2. The molecule has 3 aromatic carbocycles. The quantitative estimate of drug-likeness (QED) is 0.243. The Morgan fingerprint density at radius 2 is 0.900 bits per heavy atom. The second-order valence-electron chi connectivity index (χ2n) is 7.95. The summed E-state index contributed by atoms with van der Waals surface area (Å²) in [6, 6.07) is 21.4. The van der Waals surface area contributed by atoms with E-state index in [1.54, 1.807) is 0 Å². The Morgan fingerprint density at radius 3 is 1.23 bits per heavy atom. The standard InChI is InChI=1S/C14H10.C13H26O3/c1-2-6-12-10-14-8-4-3-7-13(14)9-11(12)5-1;14-12-10-8-6-4-2-1-3-5-7-9-11-13(15)16/h1-10H;14H,1-12H2,(H,15,16). The van der Waals surface area contributed by atoms with Crippen molar-refractivity contribution in [2.45, 2.75) is 70.6 Å².